The van der Waals surface area contributed by atoms with E-state index in [9.17, 15) is 4.79 Å². The van der Waals surface area contributed by atoms with Gasteiger partial charge < -0.3 is 10.6 Å². The zero-order chi connectivity index (χ0) is 13.7. The average molecular weight is 260 g/mol. The fourth-order valence-electron chi connectivity index (χ4n) is 2.61. The van der Waals surface area contributed by atoms with E-state index < -0.39 is 0 Å². The van der Waals surface area contributed by atoms with E-state index in [0.717, 1.165) is 38.9 Å². The van der Waals surface area contributed by atoms with Crippen LogP contribution in [0.1, 0.15) is 30.9 Å². The van der Waals surface area contributed by atoms with Crippen molar-refractivity contribution >= 4 is 5.91 Å². The zero-order valence-corrected chi connectivity index (χ0v) is 12.0. The predicted octanol–water partition coefficient (Wildman–Crippen LogP) is 2.04. The molecule has 0 aromatic heterocycles. The Labute approximate surface area is 115 Å². The van der Waals surface area contributed by atoms with Gasteiger partial charge in [0.05, 0.1) is 0 Å². The summed E-state index contributed by atoms with van der Waals surface area (Å²) in [7, 11) is 0. The largest absolute Gasteiger partial charge is 0.355 e. The molecule has 3 nitrogen and oxygen atoms in total. The van der Waals surface area contributed by atoms with E-state index in [-0.39, 0.29) is 11.3 Å². The Morgan fingerprint density at radius 3 is 2.79 bits per heavy atom. The molecule has 2 rings (SSSR count). The number of aryl methyl sites for hydroxylation is 1. The van der Waals surface area contributed by atoms with Crippen LogP contribution < -0.4 is 10.6 Å². The lowest BCUT2D eigenvalue weighted by molar-refractivity contribution is -0.131. The Hall–Kier alpha value is -1.35. The number of hydrogen-bond donors (Lipinski definition) is 2. The minimum absolute atomic E-state index is 0.183. The highest BCUT2D eigenvalue weighted by atomic mass is 16.2. The van der Waals surface area contributed by atoms with Gasteiger partial charge in [0.1, 0.15) is 0 Å². The molecule has 3 heteroatoms. The molecule has 104 valence electrons. The molecule has 0 aliphatic carbocycles. The maximum atomic E-state index is 12.2. The Morgan fingerprint density at radius 2 is 2.11 bits per heavy atom. The molecular formula is C16H24N2O. The molecule has 0 bridgehead atoms. The van der Waals surface area contributed by atoms with Crippen LogP contribution in [-0.2, 0) is 11.2 Å². The third-order valence-corrected chi connectivity index (χ3v) is 4.04. The SMILES string of the molecule is Cc1cccc(CCNC(=O)C2(C)CCNCC2)c1. The average Bonchev–Trinajstić information content (AvgIpc) is 2.39. The maximum absolute atomic E-state index is 12.2. The summed E-state index contributed by atoms with van der Waals surface area (Å²) in [6, 6.07) is 8.46. The van der Waals surface area contributed by atoms with Crippen LogP contribution in [0.15, 0.2) is 24.3 Å². The summed E-state index contributed by atoms with van der Waals surface area (Å²) in [5.41, 5.74) is 2.38. The van der Waals surface area contributed by atoms with Crippen molar-refractivity contribution in [1.82, 2.24) is 10.6 Å². The second kappa shape index (κ2) is 6.20. The number of rotatable bonds is 4. The van der Waals surface area contributed by atoms with Crippen LogP contribution in [0.25, 0.3) is 0 Å². The second-order valence-corrected chi connectivity index (χ2v) is 5.81. The summed E-state index contributed by atoms with van der Waals surface area (Å²) in [5.74, 6) is 0.210. The number of nitrogens with one attached hydrogen (secondary N) is 2. The van der Waals surface area contributed by atoms with Crippen LogP contribution >= 0.6 is 0 Å². The molecule has 1 aromatic carbocycles. The van der Waals surface area contributed by atoms with E-state index in [1.54, 1.807) is 0 Å². The first-order chi connectivity index (χ1) is 9.10. The number of carbonyl (C=O) groups excluding carboxylic acids is 1. The normalized spacial score (nSPS) is 18.0. The summed E-state index contributed by atoms with van der Waals surface area (Å²) in [4.78, 5) is 12.2. The van der Waals surface area contributed by atoms with Crippen LogP contribution in [0.2, 0.25) is 0 Å². The number of amides is 1. The van der Waals surface area contributed by atoms with Gasteiger partial charge in [-0.1, -0.05) is 36.8 Å². The van der Waals surface area contributed by atoms with Crippen molar-refractivity contribution in [1.29, 1.82) is 0 Å². The van der Waals surface area contributed by atoms with E-state index in [4.69, 9.17) is 0 Å². The third-order valence-electron chi connectivity index (χ3n) is 4.04. The molecular weight excluding hydrogens is 236 g/mol. The van der Waals surface area contributed by atoms with Crippen LogP contribution in [-0.4, -0.2) is 25.5 Å². The first-order valence-electron chi connectivity index (χ1n) is 7.15. The van der Waals surface area contributed by atoms with Crippen molar-refractivity contribution in [3.63, 3.8) is 0 Å². The molecule has 0 unspecified atom stereocenters. The van der Waals surface area contributed by atoms with Gasteiger partial charge in [-0.25, -0.2) is 0 Å². The quantitative estimate of drug-likeness (QED) is 0.870. The molecule has 0 radical (unpaired) electrons. The third kappa shape index (κ3) is 3.80. The molecule has 1 aromatic rings. The van der Waals surface area contributed by atoms with Crippen LogP contribution in [0, 0.1) is 12.3 Å². The minimum atomic E-state index is -0.183. The Balaban J connectivity index is 1.80. The maximum Gasteiger partial charge on any atom is 0.226 e. The summed E-state index contributed by atoms with van der Waals surface area (Å²) >= 11 is 0. The van der Waals surface area contributed by atoms with Gasteiger partial charge in [-0.2, -0.15) is 0 Å². The molecule has 1 aliphatic rings. The summed E-state index contributed by atoms with van der Waals surface area (Å²) in [5, 5.41) is 6.40. The monoisotopic (exact) mass is 260 g/mol. The lowest BCUT2D eigenvalue weighted by atomic mass is 9.80. The smallest absolute Gasteiger partial charge is 0.226 e. The van der Waals surface area contributed by atoms with E-state index >= 15 is 0 Å². The van der Waals surface area contributed by atoms with Crippen LogP contribution in [0.4, 0.5) is 0 Å². The molecule has 1 heterocycles. The molecule has 19 heavy (non-hydrogen) atoms. The van der Waals surface area contributed by atoms with Crippen LogP contribution in [0.5, 0.6) is 0 Å². The van der Waals surface area contributed by atoms with Crippen molar-refractivity contribution in [2.75, 3.05) is 19.6 Å². The van der Waals surface area contributed by atoms with Gasteiger partial charge in [0.25, 0.3) is 0 Å². The standard InChI is InChI=1S/C16H24N2O/c1-13-4-3-5-14(12-13)6-9-18-15(19)16(2)7-10-17-11-8-16/h3-5,12,17H,6-11H2,1-2H3,(H,18,19). The number of hydrogen-bond acceptors (Lipinski definition) is 2. The molecule has 0 atom stereocenters. The van der Waals surface area contributed by atoms with Crippen molar-refractivity contribution in [2.24, 2.45) is 5.41 Å². The lowest BCUT2D eigenvalue weighted by Crippen LogP contribution is -2.46. The highest BCUT2D eigenvalue weighted by Gasteiger charge is 2.33. The van der Waals surface area contributed by atoms with Gasteiger partial charge in [0, 0.05) is 12.0 Å². The molecule has 1 saturated heterocycles. The fourth-order valence-corrected chi connectivity index (χ4v) is 2.61. The zero-order valence-electron chi connectivity index (χ0n) is 12.0. The van der Waals surface area contributed by atoms with E-state index in [1.165, 1.54) is 11.1 Å². The number of benzene rings is 1. The number of piperidine rings is 1. The summed E-state index contributed by atoms with van der Waals surface area (Å²) < 4.78 is 0. The number of carbonyl (C=O) groups is 1. The lowest BCUT2D eigenvalue weighted by Gasteiger charge is -2.32. The second-order valence-electron chi connectivity index (χ2n) is 5.81. The highest BCUT2D eigenvalue weighted by molar-refractivity contribution is 5.82. The predicted molar refractivity (Wildman–Crippen MR) is 78.1 cm³/mol. The molecule has 0 saturated carbocycles. The van der Waals surface area contributed by atoms with E-state index in [1.807, 2.05) is 0 Å². The molecule has 1 aliphatic heterocycles. The minimum Gasteiger partial charge on any atom is -0.355 e. The van der Waals surface area contributed by atoms with Crippen LogP contribution in [0.3, 0.4) is 0 Å². The van der Waals surface area contributed by atoms with Gasteiger partial charge in [-0.05, 0) is 44.8 Å². The summed E-state index contributed by atoms with van der Waals surface area (Å²) in [6.07, 6.45) is 2.77. The first kappa shape index (κ1) is 14.1. The summed E-state index contributed by atoms with van der Waals surface area (Å²) in [6.45, 7) is 6.79. The van der Waals surface area contributed by atoms with Crippen molar-refractivity contribution < 1.29 is 4.79 Å². The van der Waals surface area contributed by atoms with Crippen molar-refractivity contribution in [3.05, 3.63) is 35.4 Å². The van der Waals surface area contributed by atoms with Crippen molar-refractivity contribution in [3.8, 4) is 0 Å². The van der Waals surface area contributed by atoms with Gasteiger partial charge >= 0.3 is 0 Å². The van der Waals surface area contributed by atoms with E-state index in [2.05, 4.69) is 48.7 Å². The highest BCUT2D eigenvalue weighted by Crippen LogP contribution is 2.27. The van der Waals surface area contributed by atoms with Gasteiger partial charge in [0.2, 0.25) is 5.91 Å². The molecule has 1 amide bonds. The van der Waals surface area contributed by atoms with Gasteiger partial charge in [-0.3, -0.25) is 4.79 Å². The Morgan fingerprint density at radius 1 is 1.37 bits per heavy atom. The molecule has 0 spiro atoms. The van der Waals surface area contributed by atoms with Gasteiger partial charge in [0.15, 0.2) is 0 Å². The fraction of sp³-hybridized carbons (Fsp3) is 0.562. The molecule has 2 N–H and O–H groups in total. The topological polar surface area (TPSA) is 41.1 Å². The first-order valence-corrected chi connectivity index (χ1v) is 7.15. The van der Waals surface area contributed by atoms with E-state index in [0.29, 0.717) is 0 Å². The Kier molecular flexibility index (Phi) is 4.59. The van der Waals surface area contributed by atoms with Crippen molar-refractivity contribution in [2.45, 2.75) is 33.1 Å². The van der Waals surface area contributed by atoms with Gasteiger partial charge in [-0.15, -0.1) is 0 Å². The molecule has 1 fully saturated rings. The Bertz CT molecular complexity index is 436.